The van der Waals surface area contributed by atoms with Gasteiger partial charge in [0, 0.05) is 41.7 Å². The number of nitrogens with zero attached hydrogens (tertiary/aromatic N) is 4. The van der Waals surface area contributed by atoms with Crippen molar-refractivity contribution in [1.29, 1.82) is 0 Å². The molecule has 0 unspecified atom stereocenters. The molecule has 1 N–H and O–H groups in total. The fourth-order valence-electron chi connectivity index (χ4n) is 4.86. The summed E-state index contributed by atoms with van der Waals surface area (Å²) in [6.45, 7) is 2.72. The largest absolute Gasteiger partial charge is 0.345 e. The van der Waals surface area contributed by atoms with Gasteiger partial charge in [-0.05, 0) is 74.9 Å². The summed E-state index contributed by atoms with van der Waals surface area (Å²) in [5, 5.41) is 2.86. The zero-order chi connectivity index (χ0) is 25.6. The van der Waals surface area contributed by atoms with E-state index in [2.05, 4.69) is 27.3 Å². The number of fused-ring (bicyclic) bond motifs is 1. The highest BCUT2D eigenvalue weighted by molar-refractivity contribution is 7.91. The molecule has 9 heteroatoms. The molecule has 6 rings (SSSR count). The van der Waals surface area contributed by atoms with Crippen LogP contribution in [0.3, 0.4) is 0 Å². The van der Waals surface area contributed by atoms with E-state index >= 15 is 0 Å². The van der Waals surface area contributed by atoms with E-state index in [1.807, 2.05) is 6.07 Å². The first kappa shape index (κ1) is 24.0. The molecule has 1 aliphatic heterocycles. The Balaban J connectivity index is 1.18. The molecule has 0 bridgehead atoms. The van der Waals surface area contributed by atoms with Crippen molar-refractivity contribution < 1.29 is 13.2 Å². The van der Waals surface area contributed by atoms with Gasteiger partial charge in [0.25, 0.3) is 5.91 Å². The summed E-state index contributed by atoms with van der Waals surface area (Å²) in [4.78, 5) is 29.3. The second kappa shape index (κ2) is 9.52. The zero-order valence-electron chi connectivity index (χ0n) is 21.0. The van der Waals surface area contributed by atoms with Gasteiger partial charge in [0.05, 0.1) is 34.3 Å². The van der Waals surface area contributed by atoms with Crippen LogP contribution >= 0.6 is 0 Å². The highest BCUT2D eigenvalue weighted by Gasteiger charge is 2.31. The molecular weight excluding hydrogens is 486 g/mol. The molecule has 2 fully saturated rings. The van der Waals surface area contributed by atoms with Crippen molar-refractivity contribution in [1.82, 2.24) is 20.3 Å². The maximum atomic E-state index is 12.9. The quantitative estimate of drug-likeness (QED) is 0.471. The molecule has 0 saturated heterocycles. The van der Waals surface area contributed by atoms with Gasteiger partial charge in [-0.15, -0.1) is 0 Å². The van der Waals surface area contributed by atoms with Gasteiger partial charge in [0.2, 0.25) is 0 Å². The molecule has 8 nitrogen and oxygen atoms in total. The van der Waals surface area contributed by atoms with Gasteiger partial charge < -0.3 is 10.2 Å². The Morgan fingerprint density at radius 2 is 1.76 bits per heavy atom. The molecule has 0 radical (unpaired) electrons. The van der Waals surface area contributed by atoms with Crippen LogP contribution in [0.2, 0.25) is 0 Å². The van der Waals surface area contributed by atoms with Crippen LogP contribution in [0.5, 0.6) is 0 Å². The van der Waals surface area contributed by atoms with Crippen LogP contribution in [0.25, 0.3) is 0 Å². The third-order valence-corrected chi connectivity index (χ3v) is 9.11. The topological polar surface area (TPSA) is 105 Å². The summed E-state index contributed by atoms with van der Waals surface area (Å²) < 4.78 is 23.9. The lowest BCUT2D eigenvalue weighted by molar-refractivity contribution is 0.0945. The fraction of sp³-hybridized carbons (Fsp3) is 0.429. The summed E-state index contributed by atoms with van der Waals surface area (Å²) in [6.07, 6.45) is 8.07. The van der Waals surface area contributed by atoms with Crippen molar-refractivity contribution in [3.05, 3.63) is 71.1 Å². The first-order valence-electron chi connectivity index (χ1n) is 13.2. The number of rotatable bonds is 8. The Hall–Kier alpha value is -3.33. The van der Waals surface area contributed by atoms with Crippen LogP contribution in [0.15, 0.2) is 47.5 Å². The van der Waals surface area contributed by atoms with Crippen LogP contribution in [0.1, 0.15) is 84.1 Å². The van der Waals surface area contributed by atoms with Crippen LogP contribution in [0.4, 0.5) is 11.4 Å². The molecule has 4 heterocycles. The minimum Gasteiger partial charge on any atom is -0.345 e. The number of carbonyl (C=O) groups excluding carboxylic acids is 1. The second-order valence-electron chi connectivity index (χ2n) is 10.2. The molecule has 0 atom stereocenters. The van der Waals surface area contributed by atoms with Crippen molar-refractivity contribution in [2.24, 2.45) is 0 Å². The molecule has 3 aromatic heterocycles. The summed E-state index contributed by atoms with van der Waals surface area (Å²) in [5.41, 5.74) is 6.60. The Kier molecular flexibility index (Phi) is 6.18. The Morgan fingerprint density at radius 3 is 2.38 bits per heavy atom. The van der Waals surface area contributed by atoms with E-state index in [9.17, 15) is 13.2 Å². The SMILES string of the molecule is CCS(=O)(=O)c1ccc(CNC(=O)c2ccc3c(n2)CCCN3c2cc(C3CC3)nc(C3CC3)c2)nc1. The lowest BCUT2D eigenvalue weighted by atomic mass is 10.0. The third kappa shape index (κ3) is 5.09. The monoisotopic (exact) mass is 517 g/mol. The average molecular weight is 518 g/mol. The van der Waals surface area contributed by atoms with Gasteiger partial charge >= 0.3 is 0 Å². The van der Waals surface area contributed by atoms with E-state index in [1.165, 1.54) is 55.0 Å². The van der Waals surface area contributed by atoms with Crippen LogP contribution in [0, 0.1) is 0 Å². The second-order valence-corrected chi connectivity index (χ2v) is 12.5. The van der Waals surface area contributed by atoms with Crippen molar-refractivity contribution >= 4 is 27.1 Å². The van der Waals surface area contributed by atoms with E-state index in [0.717, 1.165) is 30.8 Å². The van der Waals surface area contributed by atoms with E-state index in [-0.39, 0.29) is 23.1 Å². The Bertz CT molecular complexity index is 1420. The van der Waals surface area contributed by atoms with Gasteiger partial charge in [-0.25, -0.2) is 13.4 Å². The van der Waals surface area contributed by atoms with Gasteiger partial charge in [0.15, 0.2) is 9.84 Å². The molecular formula is C28H31N5O3S. The lowest BCUT2D eigenvalue weighted by Gasteiger charge is -2.31. The van der Waals surface area contributed by atoms with E-state index in [1.54, 1.807) is 19.1 Å². The standard InChI is InChI=1S/C28H31N5O3S/c1-2-37(35,36)22-10-9-20(29-17-22)16-30-28(34)24-11-12-27-23(31-24)4-3-13-33(27)21-14-25(18-5-6-18)32-26(15-21)19-7-8-19/h9-12,14-15,17-19H,2-8,13,16H2,1H3,(H,30,34). The lowest BCUT2D eigenvalue weighted by Crippen LogP contribution is -2.28. The minimum atomic E-state index is -3.30. The molecule has 0 aromatic carbocycles. The maximum Gasteiger partial charge on any atom is 0.270 e. The van der Waals surface area contributed by atoms with E-state index in [0.29, 0.717) is 23.2 Å². The maximum absolute atomic E-state index is 12.9. The smallest absolute Gasteiger partial charge is 0.270 e. The van der Waals surface area contributed by atoms with Gasteiger partial charge in [-0.3, -0.25) is 14.8 Å². The van der Waals surface area contributed by atoms with Crippen molar-refractivity contribution in [2.45, 2.75) is 68.7 Å². The summed E-state index contributed by atoms with van der Waals surface area (Å²) in [6, 6.07) is 11.4. The molecule has 3 aliphatic rings. The molecule has 1 amide bonds. The molecule has 2 saturated carbocycles. The summed E-state index contributed by atoms with van der Waals surface area (Å²) >= 11 is 0. The number of sulfone groups is 1. The third-order valence-electron chi connectivity index (χ3n) is 7.39. The predicted octanol–water partition coefficient (Wildman–Crippen LogP) is 4.43. The highest BCUT2D eigenvalue weighted by atomic mass is 32.2. The van der Waals surface area contributed by atoms with E-state index in [4.69, 9.17) is 9.97 Å². The number of amides is 1. The fourth-order valence-corrected chi connectivity index (χ4v) is 5.68. The first-order chi connectivity index (χ1) is 17.9. The number of nitrogens with one attached hydrogen (secondary N) is 1. The Morgan fingerprint density at radius 1 is 1.03 bits per heavy atom. The van der Waals surface area contributed by atoms with Crippen molar-refractivity contribution in [2.75, 3.05) is 17.2 Å². The van der Waals surface area contributed by atoms with Crippen molar-refractivity contribution in [3.8, 4) is 0 Å². The molecule has 3 aromatic rings. The minimum absolute atomic E-state index is 0.0245. The van der Waals surface area contributed by atoms with Crippen LogP contribution in [-0.2, 0) is 22.8 Å². The Labute approximate surface area is 217 Å². The normalized spacial score (nSPS) is 17.4. The predicted molar refractivity (Wildman–Crippen MR) is 141 cm³/mol. The first-order valence-corrected chi connectivity index (χ1v) is 14.8. The summed E-state index contributed by atoms with van der Waals surface area (Å²) in [5.74, 6) is 0.958. The van der Waals surface area contributed by atoms with Crippen molar-refractivity contribution in [3.63, 3.8) is 0 Å². The number of pyridine rings is 3. The van der Waals surface area contributed by atoms with Gasteiger partial charge in [-0.2, -0.15) is 0 Å². The van der Waals surface area contributed by atoms with E-state index < -0.39 is 9.84 Å². The zero-order valence-corrected chi connectivity index (χ0v) is 21.8. The molecule has 2 aliphatic carbocycles. The van der Waals surface area contributed by atoms with Crippen LogP contribution < -0.4 is 10.2 Å². The van der Waals surface area contributed by atoms with Gasteiger partial charge in [-0.1, -0.05) is 6.92 Å². The number of aryl methyl sites for hydroxylation is 1. The highest BCUT2D eigenvalue weighted by Crippen LogP contribution is 2.45. The molecule has 192 valence electrons. The number of aromatic nitrogens is 3. The molecule has 0 spiro atoms. The average Bonchev–Trinajstić information content (AvgIpc) is 3.84. The number of hydrogen-bond acceptors (Lipinski definition) is 7. The number of hydrogen-bond donors (Lipinski definition) is 1. The summed E-state index contributed by atoms with van der Waals surface area (Å²) in [7, 11) is -3.30. The van der Waals surface area contributed by atoms with Gasteiger partial charge in [0.1, 0.15) is 5.69 Å². The van der Waals surface area contributed by atoms with Crippen LogP contribution in [-0.4, -0.2) is 41.6 Å². The number of anilines is 2. The number of carbonyl (C=O) groups is 1. The molecule has 37 heavy (non-hydrogen) atoms.